The number of para-hydroxylation sites is 1. The van der Waals surface area contributed by atoms with Crippen LogP contribution in [0.25, 0.3) is 0 Å². The number of hydrogen-bond donors (Lipinski definition) is 1. The van der Waals surface area contributed by atoms with Gasteiger partial charge in [0.1, 0.15) is 5.75 Å². The summed E-state index contributed by atoms with van der Waals surface area (Å²) < 4.78 is 5.35. The maximum atomic E-state index is 12.3. The molecule has 2 atom stereocenters. The minimum absolute atomic E-state index is 0.0631. The number of aliphatic hydroxyl groups is 1. The van der Waals surface area contributed by atoms with Gasteiger partial charge in [-0.1, -0.05) is 25.1 Å². The number of rotatable bonds is 7. The number of hydrogen-bond acceptors (Lipinski definition) is 3. The van der Waals surface area contributed by atoms with E-state index in [0.717, 1.165) is 24.2 Å². The van der Waals surface area contributed by atoms with E-state index in [9.17, 15) is 9.90 Å². The topological polar surface area (TPSA) is 49.8 Å². The molecule has 21 heavy (non-hydrogen) atoms. The van der Waals surface area contributed by atoms with E-state index in [0.29, 0.717) is 18.9 Å². The van der Waals surface area contributed by atoms with Gasteiger partial charge in [-0.2, -0.15) is 0 Å². The van der Waals surface area contributed by atoms with E-state index in [1.54, 1.807) is 19.1 Å². The highest BCUT2D eigenvalue weighted by atomic mass is 16.5. The number of amides is 1. The molecule has 2 rings (SSSR count). The molecule has 1 aliphatic carbocycles. The van der Waals surface area contributed by atoms with Gasteiger partial charge in [-0.25, -0.2) is 0 Å². The average Bonchev–Trinajstić information content (AvgIpc) is 3.31. The first-order valence-corrected chi connectivity index (χ1v) is 7.57. The molecule has 1 amide bonds. The molecule has 4 heteroatoms. The Labute approximate surface area is 126 Å². The second kappa shape index (κ2) is 6.94. The van der Waals surface area contributed by atoms with Crippen molar-refractivity contribution >= 4 is 5.91 Å². The molecule has 1 fully saturated rings. The third kappa shape index (κ3) is 4.21. The fraction of sp³-hybridized carbons (Fsp3) is 0.588. The maximum Gasteiger partial charge on any atom is 0.223 e. The van der Waals surface area contributed by atoms with E-state index in [1.165, 1.54) is 0 Å². The lowest BCUT2D eigenvalue weighted by Crippen LogP contribution is -2.35. The summed E-state index contributed by atoms with van der Waals surface area (Å²) >= 11 is 0. The zero-order valence-electron chi connectivity index (χ0n) is 13.1. The molecule has 1 aliphatic rings. The predicted molar refractivity (Wildman–Crippen MR) is 82.4 cm³/mol. The lowest BCUT2D eigenvalue weighted by molar-refractivity contribution is -0.131. The van der Waals surface area contributed by atoms with Crippen LogP contribution >= 0.6 is 0 Å². The first kappa shape index (κ1) is 15.8. The minimum atomic E-state index is -0.375. The highest BCUT2D eigenvalue weighted by Gasteiger charge is 2.31. The summed E-state index contributed by atoms with van der Waals surface area (Å²) in [6.07, 6.45) is 2.22. The Morgan fingerprint density at radius 3 is 2.71 bits per heavy atom. The summed E-state index contributed by atoms with van der Waals surface area (Å²) in [5, 5.41) is 9.93. The second-order valence-corrected chi connectivity index (χ2v) is 6.03. The summed E-state index contributed by atoms with van der Waals surface area (Å²) in [5.74, 6) is 1.37. The summed E-state index contributed by atoms with van der Waals surface area (Å²) in [5.41, 5.74) is 1.05. The third-order valence-corrected chi connectivity index (χ3v) is 4.20. The Kier molecular flexibility index (Phi) is 5.23. The van der Waals surface area contributed by atoms with Crippen molar-refractivity contribution in [3.05, 3.63) is 29.8 Å². The fourth-order valence-corrected chi connectivity index (χ4v) is 2.61. The molecule has 0 saturated heterocycles. The Bertz CT molecular complexity index is 485. The zero-order chi connectivity index (χ0) is 15.4. The molecule has 1 aromatic rings. The summed E-state index contributed by atoms with van der Waals surface area (Å²) in [7, 11) is 3.41. The largest absolute Gasteiger partial charge is 0.496 e. The molecule has 116 valence electrons. The molecule has 0 heterocycles. The second-order valence-electron chi connectivity index (χ2n) is 6.03. The first-order chi connectivity index (χ1) is 10.0. The number of nitrogens with zero attached hydrogens (tertiary/aromatic N) is 1. The molecular weight excluding hydrogens is 266 g/mol. The van der Waals surface area contributed by atoms with Crippen molar-refractivity contribution in [3.8, 4) is 5.75 Å². The van der Waals surface area contributed by atoms with Gasteiger partial charge in [-0.15, -0.1) is 0 Å². The lowest BCUT2D eigenvalue weighted by atomic mass is 9.96. The maximum absolute atomic E-state index is 12.3. The van der Waals surface area contributed by atoms with Gasteiger partial charge in [-0.3, -0.25) is 4.79 Å². The van der Waals surface area contributed by atoms with E-state index < -0.39 is 0 Å². The van der Waals surface area contributed by atoms with Crippen LogP contribution in [0.1, 0.15) is 37.7 Å². The number of benzene rings is 1. The van der Waals surface area contributed by atoms with E-state index in [-0.39, 0.29) is 17.9 Å². The van der Waals surface area contributed by atoms with Gasteiger partial charge >= 0.3 is 0 Å². The predicted octanol–water partition coefficient (Wildman–Crippen LogP) is 2.42. The molecule has 0 bridgehead atoms. The highest BCUT2D eigenvalue weighted by Crippen LogP contribution is 2.33. The lowest BCUT2D eigenvalue weighted by Gasteiger charge is -2.23. The number of likely N-dealkylation sites (N-methyl/N-ethyl adjacent to an activating group) is 1. The van der Waals surface area contributed by atoms with Crippen molar-refractivity contribution in [2.75, 3.05) is 20.7 Å². The first-order valence-electron chi connectivity index (χ1n) is 7.57. The van der Waals surface area contributed by atoms with Crippen LogP contribution in [0.5, 0.6) is 5.75 Å². The van der Waals surface area contributed by atoms with E-state index in [4.69, 9.17) is 4.74 Å². The van der Waals surface area contributed by atoms with Crippen LogP contribution in [0.15, 0.2) is 24.3 Å². The summed E-state index contributed by atoms with van der Waals surface area (Å²) in [4.78, 5) is 13.9. The van der Waals surface area contributed by atoms with E-state index in [1.807, 2.05) is 31.2 Å². The van der Waals surface area contributed by atoms with Crippen molar-refractivity contribution < 1.29 is 14.6 Å². The van der Waals surface area contributed by atoms with Crippen LogP contribution in [0.3, 0.4) is 0 Å². The highest BCUT2D eigenvalue weighted by molar-refractivity contribution is 5.77. The number of carbonyl (C=O) groups is 1. The quantitative estimate of drug-likeness (QED) is 0.839. The van der Waals surface area contributed by atoms with Crippen LogP contribution < -0.4 is 4.74 Å². The van der Waals surface area contributed by atoms with Crippen molar-refractivity contribution in [2.24, 2.45) is 5.92 Å². The van der Waals surface area contributed by atoms with Gasteiger partial charge in [-0.05, 0) is 36.3 Å². The van der Waals surface area contributed by atoms with Gasteiger partial charge in [0.2, 0.25) is 5.91 Å². The SMILES string of the molecule is COc1ccccc1C(C)CC(=O)N(C)CC(O)C1CC1. The number of carbonyl (C=O) groups excluding carboxylic acids is 1. The molecule has 2 unspecified atom stereocenters. The summed E-state index contributed by atoms with van der Waals surface area (Å²) in [6, 6.07) is 7.79. The minimum Gasteiger partial charge on any atom is -0.496 e. The molecule has 4 nitrogen and oxygen atoms in total. The van der Waals surface area contributed by atoms with Gasteiger partial charge in [0.25, 0.3) is 0 Å². The average molecular weight is 291 g/mol. The smallest absolute Gasteiger partial charge is 0.223 e. The van der Waals surface area contributed by atoms with Crippen molar-refractivity contribution in [1.29, 1.82) is 0 Å². The Hall–Kier alpha value is -1.55. The molecule has 1 aromatic carbocycles. The van der Waals surface area contributed by atoms with Crippen LogP contribution in [-0.4, -0.2) is 42.7 Å². The van der Waals surface area contributed by atoms with E-state index in [2.05, 4.69) is 0 Å². The van der Waals surface area contributed by atoms with Crippen LogP contribution in [0.2, 0.25) is 0 Å². The zero-order valence-corrected chi connectivity index (χ0v) is 13.1. The molecule has 1 N–H and O–H groups in total. The Morgan fingerprint density at radius 2 is 2.10 bits per heavy atom. The van der Waals surface area contributed by atoms with Crippen molar-refractivity contribution in [2.45, 2.75) is 38.2 Å². The third-order valence-electron chi connectivity index (χ3n) is 4.20. The summed E-state index contributed by atoms with van der Waals surface area (Å²) in [6.45, 7) is 2.46. The molecule has 0 aromatic heterocycles. The van der Waals surface area contributed by atoms with Gasteiger partial charge in [0.05, 0.1) is 13.2 Å². The standard InChI is InChI=1S/C17H25NO3/c1-12(14-6-4-5-7-16(14)21-3)10-17(20)18(2)11-15(19)13-8-9-13/h4-7,12-13,15,19H,8-11H2,1-3H3. The molecule has 0 spiro atoms. The van der Waals surface area contributed by atoms with Crippen molar-refractivity contribution in [1.82, 2.24) is 4.90 Å². The number of methoxy groups -OCH3 is 1. The number of aliphatic hydroxyl groups excluding tert-OH is 1. The van der Waals surface area contributed by atoms with Crippen LogP contribution in [-0.2, 0) is 4.79 Å². The number of ether oxygens (including phenoxy) is 1. The van der Waals surface area contributed by atoms with Gasteiger partial charge in [0.15, 0.2) is 0 Å². The fourth-order valence-electron chi connectivity index (χ4n) is 2.61. The monoisotopic (exact) mass is 291 g/mol. The Balaban J connectivity index is 1.91. The van der Waals surface area contributed by atoms with Crippen LogP contribution in [0.4, 0.5) is 0 Å². The molecular formula is C17H25NO3. The van der Waals surface area contributed by atoms with E-state index >= 15 is 0 Å². The molecule has 0 aliphatic heterocycles. The van der Waals surface area contributed by atoms with Gasteiger partial charge in [0, 0.05) is 20.0 Å². The normalized spacial score (nSPS) is 17.1. The molecule has 0 radical (unpaired) electrons. The Morgan fingerprint density at radius 1 is 1.43 bits per heavy atom. The van der Waals surface area contributed by atoms with Crippen molar-refractivity contribution in [3.63, 3.8) is 0 Å². The van der Waals surface area contributed by atoms with Gasteiger partial charge < -0.3 is 14.7 Å². The van der Waals surface area contributed by atoms with Crippen LogP contribution in [0, 0.1) is 5.92 Å². The molecule has 1 saturated carbocycles.